The van der Waals surface area contributed by atoms with E-state index in [0.717, 1.165) is 5.57 Å². The van der Waals surface area contributed by atoms with Crippen LogP contribution in [0.2, 0.25) is 0 Å². The summed E-state index contributed by atoms with van der Waals surface area (Å²) < 4.78 is 29.8. The second-order valence-electron chi connectivity index (χ2n) is 2.82. The van der Waals surface area contributed by atoms with Gasteiger partial charge in [-0.2, -0.15) is 0 Å². The van der Waals surface area contributed by atoms with Crippen LogP contribution in [0.4, 0.5) is 0 Å². The Morgan fingerprint density at radius 1 is 1.67 bits per heavy atom. The predicted octanol–water partition coefficient (Wildman–Crippen LogP) is -3.25. The van der Waals surface area contributed by atoms with Gasteiger partial charge in [-0.15, -0.1) is 0 Å². The van der Waals surface area contributed by atoms with Gasteiger partial charge in [0.25, 0.3) is 0 Å². The van der Waals surface area contributed by atoms with Crippen molar-refractivity contribution >= 4 is 20.2 Å². The van der Waals surface area contributed by atoms with Crippen molar-refractivity contribution in [2.75, 3.05) is 19.8 Å². The summed E-state index contributed by atoms with van der Waals surface area (Å²) in [5.41, 5.74) is 0.814. The van der Waals surface area contributed by atoms with Crippen LogP contribution in [0, 0.1) is 0 Å². The zero-order valence-corrected chi connectivity index (χ0v) is 12.4. The van der Waals surface area contributed by atoms with E-state index in [1.807, 2.05) is 0 Å². The fourth-order valence-corrected chi connectivity index (χ4v) is 1.07. The third kappa shape index (κ3) is 14.9. The number of hydrogen-bond acceptors (Lipinski definition) is 6. The van der Waals surface area contributed by atoms with Gasteiger partial charge in [-0.25, -0.2) is 4.21 Å². The number of aliphatic hydroxyl groups is 1. The van der Waals surface area contributed by atoms with E-state index in [9.17, 15) is 8.76 Å². The van der Waals surface area contributed by atoms with E-state index in [1.165, 1.54) is 0 Å². The Balaban J connectivity index is 0. The van der Waals surface area contributed by atoms with Gasteiger partial charge in [0.05, 0.1) is 28.9 Å². The largest absolute Gasteiger partial charge is 1.00 e. The molecule has 0 saturated carbocycles. The zero-order valence-electron chi connectivity index (χ0n) is 8.80. The summed E-state index contributed by atoms with van der Waals surface area (Å²) in [5, 5.41) is 9.13. The van der Waals surface area contributed by atoms with E-state index < -0.39 is 15.2 Å². The van der Waals surface area contributed by atoms with Crippen molar-refractivity contribution in [3.8, 4) is 0 Å². The minimum absolute atomic E-state index is 0. The maximum Gasteiger partial charge on any atom is 1.00 e. The number of rotatable bonds is 7. The van der Waals surface area contributed by atoms with Crippen molar-refractivity contribution < 1.29 is 52.3 Å². The average Bonchev–Trinajstić information content (AvgIpc) is 1.99. The van der Waals surface area contributed by atoms with Crippen molar-refractivity contribution in [1.29, 1.82) is 0 Å². The molecule has 15 heavy (non-hydrogen) atoms. The summed E-state index contributed by atoms with van der Waals surface area (Å²) in [5.74, 6) is 0. The van der Waals surface area contributed by atoms with E-state index in [4.69, 9.17) is 9.84 Å². The van der Waals surface area contributed by atoms with Crippen LogP contribution in [0.3, 0.4) is 0 Å². The Bertz CT molecular complexity index is 277. The molecule has 0 rings (SSSR count). The van der Waals surface area contributed by atoms with Gasteiger partial charge in [0, 0.05) is 0 Å². The van der Waals surface area contributed by atoms with Crippen LogP contribution in [0.25, 0.3) is 0 Å². The Morgan fingerprint density at radius 2 is 2.20 bits per heavy atom. The van der Waals surface area contributed by atoms with Crippen LogP contribution in [0.1, 0.15) is 6.92 Å². The number of ether oxygens (including phenoxy) is 1. The fourth-order valence-electron chi connectivity index (χ4n) is 0.579. The SMILES string of the molecule is C=C(C)COCC(O)COS(=O)([O-])=S.[Na+]. The molecule has 0 aromatic carbocycles. The zero-order chi connectivity index (χ0) is 11.2. The van der Waals surface area contributed by atoms with Crippen LogP contribution in [0.5, 0.6) is 0 Å². The van der Waals surface area contributed by atoms with E-state index in [2.05, 4.69) is 22.0 Å². The summed E-state index contributed by atoms with van der Waals surface area (Å²) in [6, 6.07) is 0. The number of hydrogen-bond donors (Lipinski definition) is 1. The normalized spacial score (nSPS) is 16.2. The van der Waals surface area contributed by atoms with E-state index >= 15 is 0 Å². The van der Waals surface area contributed by atoms with Gasteiger partial charge in [0.1, 0.15) is 6.10 Å². The molecular weight excluding hydrogens is 251 g/mol. The van der Waals surface area contributed by atoms with Gasteiger partial charge in [-0.3, -0.25) is 4.18 Å². The molecule has 0 spiro atoms. The van der Waals surface area contributed by atoms with Crippen LogP contribution >= 0.6 is 0 Å². The first-order valence-corrected chi connectivity index (χ1v) is 6.15. The Labute approximate surface area is 117 Å². The van der Waals surface area contributed by atoms with Gasteiger partial charge < -0.3 is 14.4 Å². The first-order valence-electron chi connectivity index (χ1n) is 3.81. The maximum atomic E-state index is 10.3. The summed E-state index contributed by atoms with van der Waals surface area (Å²) in [4.78, 5) is 0. The fraction of sp³-hybridized carbons (Fsp3) is 0.714. The molecular formula is C7H13NaO5S2. The molecule has 0 bridgehead atoms. The second-order valence-corrected chi connectivity index (χ2v) is 5.10. The summed E-state index contributed by atoms with van der Waals surface area (Å²) in [7, 11) is -3.91. The van der Waals surface area contributed by atoms with Gasteiger partial charge in [-0.05, 0) is 18.1 Å². The first kappa shape index (κ1) is 18.3. The maximum absolute atomic E-state index is 10.3. The van der Waals surface area contributed by atoms with Gasteiger partial charge in [-0.1, -0.05) is 12.2 Å². The van der Waals surface area contributed by atoms with E-state index in [0.29, 0.717) is 6.61 Å². The third-order valence-electron chi connectivity index (χ3n) is 1.06. The average molecular weight is 264 g/mol. The number of aliphatic hydroxyl groups excluding tert-OH is 1. The molecule has 2 atom stereocenters. The molecule has 0 aliphatic rings. The smallest absolute Gasteiger partial charge is 0.748 e. The van der Waals surface area contributed by atoms with Crippen LogP contribution in [-0.4, -0.2) is 39.8 Å². The molecule has 84 valence electrons. The minimum Gasteiger partial charge on any atom is -0.748 e. The summed E-state index contributed by atoms with van der Waals surface area (Å²) in [6.45, 7) is 5.28. The van der Waals surface area contributed by atoms with Gasteiger partial charge in [0.2, 0.25) is 0 Å². The van der Waals surface area contributed by atoms with Crippen LogP contribution in [0.15, 0.2) is 12.2 Å². The second kappa shape index (κ2) is 9.03. The summed E-state index contributed by atoms with van der Waals surface area (Å²) >= 11 is 3.94. The van der Waals surface area contributed by atoms with E-state index in [-0.39, 0.29) is 42.8 Å². The third-order valence-corrected chi connectivity index (χ3v) is 1.78. The quantitative estimate of drug-likeness (QED) is 0.384. The molecule has 5 nitrogen and oxygen atoms in total. The molecule has 0 amide bonds. The van der Waals surface area contributed by atoms with Gasteiger partial charge in [0.15, 0.2) is 0 Å². The molecule has 1 N–H and O–H groups in total. The molecule has 0 aliphatic heterocycles. The monoisotopic (exact) mass is 264 g/mol. The Hall–Kier alpha value is 0.950. The molecule has 2 unspecified atom stereocenters. The molecule has 0 heterocycles. The Morgan fingerprint density at radius 3 is 2.60 bits per heavy atom. The first-order chi connectivity index (χ1) is 6.31. The van der Waals surface area contributed by atoms with Crippen molar-refractivity contribution in [1.82, 2.24) is 0 Å². The molecule has 0 saturated heterocycles. The molecule has 0 aliphatic carbocycles. The molecule has 0 aromatic heterocycles. The minimum atomic E-state index is -3.91. The molecule has 0 radical (unpaired) electrons. The topological polar surface area (TPSA) is 78.8 Å². The molecule has 0 fully saturated rings. The van der Waals surface area contributed by atoms with Crippen molar-refractivity contribution in [3.05, 3.63) is 12.2 Å². The molecule has 0 aromatic rings. The van der Waals surface area contributed by atoms with Crippen molar-refractivity contribution in [2.24, 2.45) is 0 Å². The van der Waals surface area contributed by atoms with Crippen molar-refractivity contribution in [2.45, 2.75) is 13.0 Å². The predicted molar refractivity (Wildman–Crippen MR) is 53.9 cm³/mol. The molecule has 8 heteroatoms. The summed E-state index contributed by atoms with van der Waals surface area (Å²) in [6.07, 6.45) is -1.01. The van der Waals surface area contributed by atoms with Crippen molar-refractivity contribution in [3.63, 3.8) is 0 Å². The van der Waals surface area contributed by atoms with E-state index in [1.54, 1.807) is 6.92 Å². The standard InChI is InChI=1S/C7H14O5S2.Na/c1-6(2)3-11-4-7(8)5-12-14(9,10)13;/h7-8H,1,3-5H2,2H3,(H,9,10,13);/q;+1/p-1. The Kier molecular flexibility index (Phi) is 11.0. The van der Waals surface area contributed by atoms with Crippen LogP contribution in [-0.2, 0) is 29.2 Å². The van der Waals surface area contributed by atoms with Gasteiger partial charge >= 0.3 is 29.6 Å². The van der Waals surface area contributed by atoms with Crippen LogP contribution < -0.4 is 29.6 Å².